The number of esters is 3. The lowest BCUT2D eigenvalue weighted by atomic mass is 9.43. The summed E-state index contributed by atoms with van der Waals surface area (Å²) < 4.78 is 21.9. The monoisotopic (exact) mass is 579 g/mol. The number of hydrogen-bond donors (Lipinski definition) is 1. The maximum Gasteiger partial charge on any atom is 0.328 e. The molecule has 2 aromatic rings. The molecule has 1 N–H and O–H groups in total. The van der Waals surface area contributed by atoms with Crippen molar-refractivity contribution in [2.24, 2.45) is 28.6 Å². The molecule has 1 amide bonds. The van der Waals surface area contributed by atoms with E-state index in [4.69, 9.17) is 18.6 Å². The summed E-state index contributed by atoms with van der Waals surface area (Å²) in [5, 5.41) is 2.79. The highest BCUT2D eigenvalue weighted by Crippen LogP contribution is 2.65. The Balaban J connectivity index is 1.41. The zero-order valence-electron chi connectivity index (χ0n) is 24.3. The Kier molecular flexibility index (Phi) is 8.00. The van der Waals surface area contributed by atoms with Crippen LogP contribution in [0.4, 0.5) is 0 Å². The third-order valence-electron chi connectivity index (χ3n) is 9.58. The molecular formula is C32H37NO9. The summed E-state index contributed by atoms with van der Waals surface area (Å²) in [5.74, 6) is -4.44. The van der Waals surface area contributed by atoms with E-state index in [0.29, 0.717) is 24.8 Å². The van der Waals surface area contributed by atoms with Crippen molar-refractivity contribution in [3.8, 4) is 0 Å². The molecule has 1 saturated heterocycles. The van der Waals surface area contributed by atoms with Gasteiger partial charge < -0.3 is 23.9 Å². The van der Waals surface area contributed by atoms with Gasteiger partial charge in [0.15, 0.2) is 11.9 Å². The number of benzene rings is 1. The minimum atomic E-state index is -1.16. The molecule has 3 fully saturated rings. The SMILES string of the molecule is CC(=O)O[C@H]1C[C@@H](C(=O)N[C@H](C)C(=O)OCc2ccccc2)[C@]2(C)CCC3C(=O)O[C@@H](c4ccoc4)C[C@]3(C)C2C1=O. The molecule has 1 aliphatic heterocycles. The van der Waals surface area contributed by atoms with Gasteiger partial charge in [0.05, 0.1) is 18.4 Å². The van der Waals surface area contributed by atoms with E-state index in [1.807, 2.05) is 44.2 Å². The van der Waals surface area contributed by atoms with Gasteiger partial charge in [-0.15, -0.1) is 0 Å². The summed E-state index contributed by atoms with van der Waals surface area (Å²) in [5.41, 5.74) is -0.236. The van der Waals surface area contributed by atoms with Crippen LogP contribution in [-0.2, 0) is 44.8 Å². The van der Waals surface area contributed by atoms with Crippen molar-refractivity contribution in [2.45, 2.75) is 78.2 Å². The lowest BCUT2D eigenvalue weighted by Gasteiger charge is -2.61. The summed E-state index contributed by atoms with van der Waals surface area (Å²) in [6.45, 7) is 6.64. The number of Topliss-reactive ketones (excluding diaryl/α,β-unsaturated/α-hetero) is 1. The summed E-state index contributed by atoms with van der Waals surface area (Å²) in [7, 11) is 0. The second-order valence-corrected chi connectivity index (χ2v) is 12.3. The third-order valence-corrected chi connectivity index (χ3v) is 9.58. The molecule has 42 heavy (non-hydrogen) atoms. The average Bonchev–Trinajstić information content (AvgIpc) is 3.48. The molecule has 10 heteroatoms. The van der Waals surface area contributed by atoms with Crippen molar-refractivity contribution in [3.05, 3.63) is 60.1 Å². The number of carbonyl (C=O) groups is 5. The van der Waals surface area contributed by atoms with Gasteiger partial charge >= 0.3 is 17.9 Å². The van der Waals surface area contributed by atoms with Gasteiger partial charge in [-0.05, 0) is 48.6 Å². The summed E-state index contributed by atoms with van der Waals surface area (Å²) in [6.07, 6.45) is 2.42. The lowest BCUT2D eigenvalue weighted by Crippen LogP contribution is -2.65. The normalized spacial score (nSPS) is 32.9. The van der Waals surface area contributed by atoms with Gasteiger partial charge in [0.25, 0.3) is 0 Å². The standard InChI is InChI=1S/C32H37NO9/c1-18(29(37)40-16-20-8-6-5-7-9-20)33-28(36)23-14-24(41-19(2)34)26(35)27-31(23,3)12-10-22-30(38)42-25(15-32(22,27)4)21-11-13-39-17-21/h5-9,11,13,17-18,22-25,27H,10,12,14-16H2,1-4H3,(H,33,36)/t18-,22?,23+,24+,25-,27?,31+,32+/m1/s1. The molecule has 3 aliphatic rings. The Hall–Kier alpha value is -3.95. The molecule has 224 valence electrons. The molecule has 5 rings (SSSR count). The van der Waals surface area contributed by atoms with E-state index in [2.05, 4.69) is 5.32 Å². The van der Waals surface area contributed by atoms with Crippen molar-refractivity contribution in [1.29, 1.82) is 0 Å². The molecule has 0 spiro atoms. The van der Waals surface area contributed by atoms with E-state index in [-0.39, 0.29) is 18.8 Å². The predicted molar refractivity (Wildman–Crippen MR) is 147 cm³/mol. The topological polar surface area (TPSA) is 138 Å². The fourth-order valence-corrected chi connectivity index (χ4v) is 7.59. The molecule has 1 aromatic carbocycles. The Morgan fingerprint density at radius 2 is 1.83 bits per heavy atom. The lowest BCUT2D eigenvalue weighted by molar-refractivity contribution is -0.208. The summed E-state index contributed by atoms with van der Waals surface area (Å²) >= 11 is 0. The first-order chi connectivity index (χ1) is 19.9. The molecular weight excluding hydrogens is 542 g/mol. The number of ketones is 1. The number of fused-ring (bicyclic) bond motifs is 3. The van der Waals surface area contributed by atoms with Crippen LogP contribution >= 0.6 is 0 Å². The van der Waals surface area contributed by atoms with Crippen LogP contribution in [0, 0.1) is 28.6 Å². The van der Waals surface area contributed by atoms with Crippen molar-refractivity contribution in [1.82, 2.24) is 5.32 Å². The van der Waals surface area contributed by atoms with Gasteiger partial charge in [0, 0.05) is 30.7 Å². The van der Waals surface area contributed by atoms with Crippen LogP contribution in [0.15, 0.2) is 53.3 Å². The molecule has 1 aromatic heterocycles. The number of rotatable bonds is 7. The number of cyclic esters (lactones) is 1. The molecule has 2 heterocycles. The van der Waals surface area contributed by atoms with E-state index in [1.54, 1.807) is 13.0 Å². The van der Waals surface area contributed by atoms with Crippen molar-refractivity contribution < 1.29 is 42.6 Å². The van der Waals surface area contributed by atoms with Gasteiger partial charge in [-0.25, -0.2) is 4.79 Å². The Morgan fingerprint density at radius 3 is 2.50 bits per heavy atom. The van der Waals surface area contributed by atoms with Gasteiger partial charge in [0.1, 0.15) is 18.8 Å². The highest BCUT2D eigenvalue weighted by atomic mass is 16.6. The number of furan rings is 1. The van der Waals surface area contributed by atoms with E-state index in [9.17, 15) is 24.0 Å². The Morgan fingerprint density at radius 1 is 1.10 bits per heavy atom. The molecule has 2 saturated carbocycles. The zero-order chi connectivity index (χ0) is 30.2. The number of amides is 1. The maximum atomic E-state index is 14.1. The minimum absolute atomic E-state index is 0.0145. The van der Waals surface area contributed by atoms with Gasteiger partial charge in [-0.1, -0.05) is 44.2 Å². The second-order valence-electron chi connectivity index (χ2n) is 12.3. The first-order valence-electron chi connectivity index (χ1n) is 14.4. The van der Waals surface area contributed by atoms with Gasteiger partial charge in [-0.3, -0.25) is 19.2 Å². The first-order valence-corrected chi connectivity index (χ1v) is 14.4. The number of hydrogen-bond acceptors (Lipinski definition) is 9. The van der Waals surface area contributed by atoms with Crippen molar-refractivity contribution >= 4 is 29.6 Å². The Bertz CT molecular complexity index is 1360. The third kappa shape index (κ3) is 5.34. The molecule has 2 unspecified atom stereocenters. The average molecular weight is 580 g/mol. The molecule has 8 atom stereocenters. The van der Waals surface area contributed by atoms with Crippen LogP contribution in [0.25, 0.3) is 0 Å². The number of carbonyl (C=O) groups excluding carboxylic acids is 5. The largest absolute Gasteiger partial charge is 0.472 e. The zero-order valence-corrected chi connectivity index (χ0v) is 24.3. The summed E-state index contributed by atoms with van der Waals surface area (Å²) in [6, 6.07) is 9.99. The van der Waals surface area contributed by atoms with Gasteiger partial charge in [0.2, 0.25) is 5.91 Å². The highest BCUT2D eigenvalue weighted by molar-refractivity contribution is 5.94. The van der Waals surface area contributed by atoms with Crippen LogP contribution in [0.2, 0.25) is 0 Å². The van der Waals surface area contributed by atoms with Gasteiger partial charge in [-0.2, -0.15) is 0 Å². The van der Waals surface area contributed by atoms with E-state index in [1.165, 1.54) is 19.5 Å². The Labute approximate surface area is 244 Å². The maximum absolute atomic E-state index is 14.1. The predicted octanol–water partition coefficient (Wildman–Crippen LogP) is 4.08. The van der Waals surface area contributed by atoms with E-state index in [0.717, 1.165) is 5.56 Å². The van der Waals surface area contributed by atoms with E-state index < -0.39 is 70.6 Å². The van der Waals surface area contributed by atoms with Crippen LogP contribution in [0.5, 0.6) is 0 Å². The fraction of sp³-hybridized carbons (Fsp3) is 0.531. The number of nitrogens with one attached hydrogen (secondary N) is 1. The fourth-order valence-electron chi connectivity index (χ4n) is 7.59. The van der Waals surface area contributed by atoms with Crippen LogP contribution in [0.3, 0.4) is 0 Å². The van der Waals surface area contributed by atoms with E-state index >= 15 is 0 Å². The molecule has 0 bridgehead atoms. The van der Waals surface area contributed by atoms with Crippen LogP contribution in [0.1, 0.15) is 70.6 Å². The highest BCUT2D eigenvalue weighted by Gasteiger charge is 2.67. The molecule has 2 aliphatic carbocycles. The molecule has 0 radical (unpaired) electrons. The smallest absolute Gasteiger partial charge is 0.328 e. The first kappa shape index (κ1) is 29.5. The summed E-state index contributed by atoms with van der Waals surface area (Å²) in [4.78, 5) is 66.1. The van der Waals surface area contributed by atoms with Crippen molar-refractivity contribution in [3.63, 3.8) is 0 Å². The van der Waals surface area contributed by atoms with Crippen LogP contribution in [-0.4, -0.2) is 41.7 Å². The second kappa shape index (κ2) is 11.4. The van der Waals surface area contributed by atoms with Crippen molar-refractivity contribution in [2.75, 3.05) is 0 Å². The number of ether oxygens (including phenoxy) is 3. The van der Waals surface area contributed by atoms with Crippen LogP contribution < -0.4 is 5.32 Å². The quantitative estimate of drug-likeness (QED) is 0.380. The molecule has 10 nitrogen and oxygen atoms in total. The minimum Gasteiger partial charge on any atom is -0.472 e.